The Morgan fingerprint density at radius 3 is 2.46 bits per heavy atom. The average Bonchev–Trinajstić information content (AvgIpc) is 3.22. The Bertz CT molecular complexity index is 598. The Hall–Kier alpha value is -0.970. The number of benzene rings is 1. The molecule has 1 aromatic carbocycles. The summed E-state index contributed by atoms with van der Waals surface area (Å²) < 4.78 is 0. The molecule has 3 aliphatic rings. The van der Waals surface area contributed by atoms with Crippen LogP contribution in [0.3, 0.4) is 0 Å². The van der Waals surface area contributed by atoms with Gasteiger partial charge in [-0.3, -0.25) is 4.79 Å². The van der Waals surface area contributed by atoms with E-state index in [0.29, 0.717) is 23.8 Å². The first-order chi connectivity index (χ1) is 11.6. The number of likely N-dealkylation sites (N-methyl/N-ethyl adjacent to an activating group) is 1. The Labute approximate surface area is 169 Å². The van der Waals surface area contributed by atoms with Gasteiger partial charge in [0.2, 0.25) is 5.91 Å². The van der Waals surface area contributed by atoms with Crippen LogP contribution in [0.5, 0.6) is 0 Å². The highest BCUT2D eigenvalue weighted by Gasteiger charge is 2.50. The zero-order chi connectivity index (χ0) is 16.7. The van der Waals surface area contributed by atoms with Crippen LogP contribution in [-0.2, 0) is 4.79 Å². The van der Waals surface area contributed by atoms with E-state index in [2.05, 4.69) is 35.2 Å². The number of nitrogens with two attached hydrogens (primary N) is 1. The molecule has 0 aromatic heterocycles. The Kier molecular flexibility index (Phi) is 7.23. The van der Waals surface area contributed by atoms with Gasteiger partial charge in [0, 0.05) is 37.9 Å². The van der Waals surface area contributed by atoms with Crippen molar-refractivity contribution in [2.24, 2.45) is 23.5 Å². The number of carbonyl (C=O) groups is 1. The number of amides is 1. The molecule has 1 heterocycles. The van der Waals surface area contributed by atoms with Crippen molar-refractivity contribution in [1.29, 1.82) is 0 Å². The van der Waals surface area contributed by atoms with Crippen LogP contribution in [-0.4, -0.2) is 43.0 Å². The number of rotatable bonds is 3. The first kappa shape index (κ1) is 21.3. The van der Waals surface area contributed by atoms with E-state index in [1.165, 1.54) is 24.9 Å². The van der Waals surface area contributed by atoms with Crippen molar-refractivity contribution < 1.29 is 4.79 Å². The second kappa shape index (κ2) is 8.81. The van der Waals surface area contributed by atoms with Gasteiger partial charge in [0.1, 0.15) is 0 Å². The van der Waals surface area contributed by atoms with Gasteiger partial charge in [-0.25, -0.2) is 0 Å². The van der Waals surface area contributed by atoms with Crippen LogP contribution in [0, 0.1) is 17.8 Å². The van der Waals surface area contributed by atoms with Crippen molar-refractivity contribution in [3.05, 3.63) is 30.3 Å². The van der Waals surface area contributed by atoms with Gasteiger partial charge < -0.3 is 15.5 Å². The van der Waals surface area contributed by atoms with E-state index in [1.54, 1.807) is 0 Å². The maximum Gasteiger partial charge on any atom is 0.227 e. The molecule has 2 bridgehead atoms. The highest BCUT2D eigenvalue weighted by atomic mass is 35.5. The molecule has 1 aromatic rings. The van der Waals surface area contributed by atoms with Crippen LogP contribution >= 0.6 is 24.8 Å². The summed E-state index contributed by atoms with van der Waals surface area (Å²) in [6, 6.07) is 10.9. The predicted molar refractivity (Wildman–Crippen MR) is 111 cm³/mol. The molecule has 146 valence electrons. The number of anilines is 1. The molecule has 2 N–H and O–H groups in total. The van der Waals surface area contributed by atoms with Crippen LogP contribution in [0.4, 0.5) is 5.69 Å². The maximum atomic E-state index is 13.1. The molecule has 1 amide bonds. The summed E-state index contributed by atoms with van der Waals surface area (Å²) in [5.41, 5.74) is 7.66. The fourth-order valence-corrected chi connectivity index (χ4v) is 5.26. The van der Waals surface area contributed by atoms with Gasteiger partial charge in [-0.2, -0.15) is 0 Å². The van der Waals surface area contributed by atoms with Crippen LogP contribution in [0.25, 0.3) is 0 Å². The molecule has 0 spiro atoms. The Balaban J connectivity index is 0.00000121. The summed E-state index contributed by atoms with van der Waals surface area (Å²) in [6.45, 7) is 2.01. The topological polar surface area (TPSA) is 49.6 Å². The highest BCUT2D eigenvalue weighted by Crippen LogP contribution is 2.48. The van der Waals surface area contributed by atoms with Crippen molar-refractivity contribution in [2.45, 2.75) is 44.2 Å². The molecule has 6 heteroatoms. The van der Waals surface area contributed by atoms with Gasteiger partial charge in [-0.15, -0.1) is 24.8 Å². The minimum atomic E-state index is 0. The number of para-hydroxylation sites is 1. The average molecular weight is 400 g/mol. The monoisotopic (exact) mass is 399 g/mol. The fourth-order valence-electron chi connectivity index (χ4n) is 5.26. The van der Waals surface area contributed by atoms with E-state index < -0.39 is 0 Å². The lowest BCUT2D eigenvalue weighted by atomic mass is 9.83. The normalized spacial score (nSPS) is 32.5. The van der Waals surface area contributed by atoms with Crippen LogP contribution in [0.15, 0.2) is 30.3 Å². The molecule has 2 saturated carbocycles. The van der Waals surface area contributed by atoms with Gasteiger partial charge in [0.15, 0.2) is 0 Å². The fraction of sp³-hybridized carbons (Fsp3) is 0.650. The number of nitrogens with zero attached hydrogens (tertiary/aromatic N) is 2. The standard InChI is InChI=1S/C20H29N3O.2ClH/c1-22(20(24)18-14-9-10-15(12-14)19(18)21)17-8-5-11-23(13-17)16-6-3-2-4-7-16;;/h2-4,6-7,14-15,17-19H,5,8-13,21H2,1H3;2*1H. The summed E-state index contributed by atoms with van der Waals surface area (Å²) in [5, 5.41) is 0. The number of hydrogen-bond donors (Lipinski definition) is 1. The van der Waals surface area contributed by atoms with E-state index in [1.807, 2.05) is 11.9 Å². The Morgan fingerprint density at radius 2 is 1.81 bits per heavy atom. The third-order valence-corrected chi connectivity index (χ3v) is 6.68. The molecule has 4 rings (SSSR count). The molecule has 5 unspecified atom stereocenters. The Morgan fingerprint density at radius 1 is 1.12 bits per heavy atom. The first-order valence-corrected chi connectivity index (χ1v) is 9.47. The lowest BCUT2D eigenvalue weighted by Crippen LogP contribution is -2.53. The van der Waals surface area contributed by atoms with Crippen molar-refractivity contribution in [2.75, 3.05) is 25.0 Å². The quantitative estimate of drug-likeness (QED) is 0.847. The molecule has 26 heavy (non-hydrogen) atoms. The largest absolute Gasteiger partial charge is 0.369 e. The molecule has 1 aliphatic heterocycles. The number of fused-ring (bicyclic) bond motifs is 2. The minimum Gasteiger partial charge on any atom is -0.369 e. The minimum absolute atomic E-state index is 0. The zero-order valence-electron chi connectivity index (χ0n) is 15.4. The summed E-state index contributed by atoms with van der Waals surface area (Å²) in [7, 11) is 2.00. The van der Waals surface area contributed by atoms with Gasteiger partial charge in [-0.05, 0) is 56.1 Å². The number of halogens is 2. The molecule has 1 saturated heterocycles. The van der Waals surface area contributed by atoms with Gasteiger partial charge in [-0.1, -0.05) is 18.2 Å². The van der Waals surface area contributed by atoms with Crippen molar-refractivity contribution in [3.63, 3.8) is 0 Å². The predicted octanol–water partition coefficient (Wildman–Crippen LogP) is 3.33. The van der Waals surface area contributed by atoms with Gasteiger partial charge in [0.05, 0.1) is 5.92 Å². The van der Waals surface area contributed by atoms with E-state index >= 15 is 0 Å². The van der Waals surface area contributed by atoms with Crippen LogP contribution in [0.1, 0.15) is 32.1 Å². The second-order valence-corrected chi connectivity index (χ2v) is 7.96. The molecule has 4 nitrogen and oxygen atoms in total. The van der Waals surface area contributed by atoms with Gasteiger partial charge in [0.25, 0.3) is 0 Å². The summed E-state index contributed by atoms with van der Waals surface area (Å²) >= 11 is 0. The molecule has 2 aliphatic carbocycles. The molecule has 0 radical (unpaired) electrons. The SMILES string of the molecule is CN(C(=O)C1C2CCC(C2)C1N)C1CCCN(c2ccccc2)C1.Cl.Cl. The van der Waals surface area contributed by atoms with Gasteiger partial charge >= 0.3 is 0 Å². The van der Waals surface area contributed by atoms with Crippen molar-refractivity contribution in [1.82, 2.24) is 4.90 Å². The third kappa shape index (κ3) is 3.83. The smallest absolute Gasteiger partial charge is 0.227 e. The van der Waals surface area contributed by atoms with E-state index in [4.69, 9.17) is 5.73 Å². The lowest BCUT2D eigenvalue weighted by molar-refractivity contribution is -0.138. The van der Waals surface area contributed by atoms with Crippen molar-refractivity contribution >= 4 is 36.4 Å². The zero-order valence-corrected chi connectivity index (χ0v) is 17.1. The van der Waals surface area contributed by atoms with Crippen molar-refractivity contribution in [3.8, 4) is 0 Å². The third-order valence-electron chi connectivity index (χ3n) is 6.68. The van der Waals surface area contributed by atoms with E-state index in [9.17, 15) is 4.79 Å². The van der Waals surface area contributed by atoms with Crippen LogP contribution < -0.4 is 10.6 Å². The molecule has 5 atom stereocenters. The molecule has 3 fully saturated rings. The van der Waals surface area contributed by atoms with Crippen LogP contribution in [0.2, 0.25) is 0 Å². The lowest BCUT2D eigenvalue weighted by Gasteiger charge is -2.41. The number of piperidine rings is 1. The molecular weight excluding hydrogens is 369 g/mol. The number of carbonyl (C=O) groups excluding carboxylic acids is 1. The highest BCUT2D eigenvalue weighted by molar-refractivity contribution is 5.85. The summed E-state index contributed by atoms with van der Waals surface area (Å²) in [6.07, 6.45) is 5.84. The number of hydrogen-bond acceptors (Lipinski definition) is 3. The molecular formula is C20H31Cl2N3O. The van der Waals surface area contributed by atoms with E-state index in [0.717, 1.165) is 25.9 Å². The second-order valence-electron chi connectivity index (χ2n) is 7.96. The maximum absolute atomic E-state index is 13.1. The first-order valence-electron chi connectivity index (χ1n) is 9.47. The van der Waals surface area contributed by atoms with E-state index in [-0.39, 0.29) is 36.8 Å². The summed E-state index contributed by atoms with van der Waals surface area (Å²) in [5.74, 6) is 1.49. The summed E-state index contributed by atoms with van der Waals surface area (Å²) in [4.78, 5) is 17.6.